The van der Waals surface area contributed by atoms with Crippen molar-refractivity contribution in [1.82, 2.24) is 14.5 Å². The molecule has 1 fully saturated rings. The number of pyridine rings is 1. The summed E-state index contributed by atoms with van der Waals surface area (Å²) in [5.74, 6) is 1.01. The van der Waals surface area contributed by atoms with Crippen LogP contribution in [0.3, 0.4) is 0 Å². The number of amides is 1. The predicted octanol–water partition coefficient (Wildman–Crippen LogP) is 3.11. The summed E-state index contributed by atoms with van der Waals surface area (Å²) >= 11 is 0. The Morgan fingerprint density at radius 2 is 2.08 bits per heavy atom. The van der Waals surface area contributed by atoms with E-state index in [1.54, 1.807) is 11.1 Å². The van der Waals surface area contributed by atoms with Crippen LogP contribution >= 0.6 is 0 Å². The molecule has 2 heterocycles. The van der Waals surface area contributed by atoms with Crippen LogP contribution in [0, 0.1) is 19.8 Å². The molecule has 0 aliphatic heterocycles. The zero-order valence-corrected chi connectivity index (χ0v) is 15.3. The van der Waals surface area contributed by atoms with Crippen LogP contribution in [-0.2, 0) is 0 Å². The molecular weight excluding hydrogens is 314 g/mol. The number of aliphatic hydroxyl groups is 1. The summed E-state index contributed by atoms with van der Waals surface area (Å²) in [5, 5.41) is 10.2. The molecule has 1 aliphatic carbocycles. The number of aliphatic hydroxyl groups excluding tert-OH is 1. The third kappa shape index (κ3) is 3.61. The summed E-state index contributed by atoms with van der Waals surface area (Å²) in [5.41, 5.74) is 2.60. The highest BCUT2D eigenvalue weighted by atomic mass is 16.3. The number of aromatic nitrogens is 2. The van der Waals surface area contributed by atoms with Crippen molar-refractivity contribution in [3.8, 4) is 5.82 Å². The molecule has 5 heteroatoms. The largest absolute Gasteiger partial charge is 0.393 e. The van der Waals surface area contributed by atoms with Crippen LogP contribution in [0.4, 0.5) is 0 Å². The molecule has 0 unspecified atom stereocenters. The second-order valence-electron chi connectivity index (χ2n) is 7.11. The fraction of sp³-hybridized carbons (Fsp3) is 0.500. The minimum Gasteiger partial charge on any atom is -0.393 e. The van der Waals surface area contributed by atoms with Crippen molar-refractivity contribution in [1.29, 1.82) is 0 Å². The van der Waals surface area contributed by atoms with Crippen molar-refractivity contribution in [3.63, 3.8) is 0 Å². The molecular formula is C20H27N3O2. The van der Waals surface area contributed by atoms with Crippen LogP contribution in [0.2, 0.25) is 0 Å². The standard InChI is InChI=1S/C20H27N3O2/c1-14-12-17(15(2)23(14)19-10-6-7-11-21-19)20(25)22(3)13-16-8-4-5-9-18(16)24/h6-7,10-12,16,18,24H,4-5,8-9,13H2,1-3H3/t16-,18-/m0/s1. The molecule has 134 valence electrons. The number of carbonyl (C=O) groups is 1. The zero-order chi connectivity index (χ0) is 18.0. The van der Waals surface area contributed by atoms with Gasteiger partial charge in [-0.2, -0.15) is 0 Å². The van der Waals surface area contributed by atoms with E-state index in [9.17, 15) is 9.90 Å². The van der Waals surface area contributed by atoms with E-state index in [1.165, 1.54) is 0 Å². The molecule has 1 amide bonds. The van der Waals surface area contributed by atoms with Crippen molar-refractivity contribution in [2.45, 2.75) is 45.6 Å². The second kappa shape index (κ2) is 7.40. The third-order valence-corrected chi connectivity index (χ3v) is 5.26. The van der Waals surface area contributed by atoms with Gasteiger partial charge < -0.3 is 14.6 Å². The maximum absolute atomic E-state index is 13.0. The van der Waals surface area contributed by atoms with Gasteiger partial charge in [-0.25, -0.2) is 4.98 Å². The average molecular weight is 341 g/mol. The van der Waals surface area contributed by atoms with Crippen molar-refractivity contribution in [2.75, 3.05) is 13.6 Å². The van der Waals surface area contributed by atoms with Gasteiger partial charge >= 0.3 is 0 Å². The fourth-order valence-corrected chi connectivity index (χ4v) is 3.86. The normalized spacial score (nSPS) is 20.5. The third-order valence-electron chi connectivity index (χ3n) is 5.26. The molecule has 2 aromatic heterocycles. The molecule has 0 saturated heterocycles. The number of hydrogen-bond donors (Lipinski definition) is 1. The summed E-state index contributed by atoms with van der Waals surface area (Å²) in [6, 6.07) is 7.70. The summed E-state index contributed by atoms with van der Waals surface area (Å²) in [6.07, 6.45) is 5.53. The van der Waals surface area contributed by atoms with E-state index in [1.807, 2.05) is 49.7 Å². The molecule has 5 nitrogen and oxygen atoms in total. The summed E-state index contributed by atoms with van der Waals surface area (Å²) < 4.78 is 2.01. The van der Waals surface area contributed by atoms with Gasteiger partial charge in [-0.05, 0) is 44.9 Å². The molecule has 0 spiro atoms. The molecule has 2 atom stereocenters. The van der Waals surface area contributed by atoms with Crippen LogP contribution in [-0.4, -0.2) is 45.2 Å². The highest BCUT2D eigenvalue weighted by Gasteiger charge is 2.27. The maximum Gasteiger partial charge on any atom is 0.255 e. The molecule has 0 aromatic carbocycles. The summed E-state index contributed by atoms with van der Waals surface area (Å²) in [6.45, 7) is 4.55. The Morgan fingerprint density at radius 3 is 2.76 bits per heavy atom. The lowest BCUT2D eigenvalue weighted by Gasteiger charge is -2.31. The first-order chi connectivity index (χ1) is 12.0. The van der Waals surface area contributed by atoms with Crippen molar-refractivity contribution < 1.29 is 9.90 Å². The van der Waals surface area contributed by atoms with Gasteiger partial charge in [0, 0.05) is 37.1 Å². The Hall–Kier alpha value is -2.14. The van der Waals surface area contributed by atoms with E-state index in [0.29, 0.717) is 12.1 Å². The minimum absolute atomic E-state index is 0.00746. The van der Waals surface area contributed by atoms with Gasteiger partial charge in [0.05, 0.1) is 11.7 Å². The Labute approximate surface area is 149 Å². The highest BCUT2D eigenvalue weighted by molar-refractivity contribution is 5.95. The lowest BCUT2D eigenvalue weighted by Crippen LogP contribution is -2.38. The Kier molecular flexibility index (Phi) is 5.23. The molecule has 3 rings (SSSR count). The van der Waals surface area contributed by atoms with E-state index >= 15 is 0 Å². The van der Waals surface area contributed by atoms with Crippen molar-refractivity contribution in [3.05, 3.63) is 47.4 Å². The first-order valence-electron chi connectivity index (χ1n) is 9.03. The van der Waals surface area contributed by atoms with E-state index in [-0.39, 0.29) is 17.9 Å². The van der Waals surface area contributed by atoms with Gasteiger partial charge in [-0.3, -0.25) is 4.79 Å². The molecule has 0 bridgehead atoms. The first kappa shape index (κ1) is 17.7. The topological polar surface area (TPSA) is 58.4 Å². The van der Waals surface area contributed by atoms with Crippen LogP contribution in [0.5, 0.6) is 0 Å². The van der Waals surface area contributed by atoms with Crippen LogP contribution in [0.1, 0.15) is 47.4 Å². The van der Waals surface area contributed by atoms with Crippen LogP contribution in [0.15, 0.2) is 30.5 Å². The molecule has 25 heavy (non-hydrogen) atoms. The molecule has 0 radical (unpaired) electrons. The van der Waals surface area contributed by atoms with Gasteiger partial charge in [-0.15, -0.1) is 0 Å². The Balaban J connectivity index is 1.80. The van der Waals surface area contributed by atoms with E-state index in [2.05, 4.69) is 4.98 Å². The van der Waals surface area contributed by atoms with Crippen LogP contribution < -0.4 is 0 Å². The predicted molar refractivity (Wildman–Crippen MR) is 98.0 cm³/mol. The van der Waals surface area contributed by atoms with Crippen molar-refractivity contribution in [2.24, 2.45) is 5.92 Å². The molecule has 2 aromatic rings. The number of aryl methyl sites for hydroxylation is 1. The lowest BCUT2D eigenvalue weighted by molar-refractivity contribution is 0.0451. The number of carbonyl (C=O) groups excluding carboxylic acids is 1. The van der Waals surface area contributed by atoms with E-state index in [0.717, 1.165) is 42.9 Å². The smallest absolute Gasteiger partial charge is 0.255 e. The SMILES string of the molecule is Cc1cc(C(=O)N(C)C[C@@H]2CCCC[C@@H]2O)c(C)n1-c1ccccn1. The van der Waals surface area contributed by atoms with E-state index in [4.69, 9.17) is 0 Å². The fourth-order valence-electron chi connectivity index (χ4n) is 3.86. The van der Waals surface area contributed by atoms with Gasteiger partial charge in [-0.1, -0.05) is 18.9 Å². The number of rotatable bonds is 4. The molecule has 1 N–H and O–H groups in total. The zero-order valence-electron chi connectivity index (χ0n) is 15.3. The van der Waals surface area contributed by atoms with Crippen LogP contribution in [0.25, 0.3) is 5.82 Å². The Morgan fingerprint density at radius 1 is 1.32 bits per heavy atom. The number of nitrogens with zero attached hydrogens (tertiary/aromatic N) is 3. The monoisotopic (exact) mass is 341 g/mol. The Bertz CT molecular complexity index is 739. The quantitative estimate of drug-likeness (QED) is 0.929. The summed E-state index contributed by atoms with van der Waals surface area (Å²) in [7, 11) is 1.83. The first-order valence-corrected chi connectivity index (χ1v) is 9.03. The highest BCUT2D eigenvalue weighted by Crippen LogP contribution is 2.26. The lowest BCUT2D eigenvalue weighted by atomic mass is 9.86. The van der Waals surface area contributed by atoms with Crippen molar-refractivity contribution >= 4 is 5.91 Å². The second-order valence-corrected chi connectivity index (χ2v) is 7.11. The molecule has 1 aliphatic rings. The van der Waals surface area contributed by atoms with E-state index < -0.39 is 0 Å². The molecule has 1 saturated carbocycles. The van der Waals surface area contributed by atoms with Gasteiger partial charge in [0.1, 0.15) is 5.82 Å². The van der Waals surface area contributed by atoms with Gasteiger partial charge in [0.25, 0.3) is 5.91 Å². The average Bonchev–Trinajstić information content (AvgIpc) is 2.91. The van der Waals surface area contributed by atoms with Gasteiger partial charge in [0.15, 0.2) is 0 Å². The maximum atomic E-state index is 13.0. The van der Waals surface area contributed by atoms with Gasteiger partial charge in [0.2, 0.25) is 0 Å². The number of hydrogen-bond acceptors (Lipinski definition) is 3. The minimum atomic E-state index is -0.287. The summed E-state index contributed by atoms with van der Waals surface area (Å²) in [4.78, 5) is 19.1.